The maximum absolute atomic E-state index is 11.5. The molecule has 1 aromatic rings. The molecule has 0 aliphatic carbocycles. The molecular weight excluding hydrogens is 248 g/mol. The Bertz CT molecular complexity index is 415. The molecule has 0 spiro atoms. The summed E-state index contributed by atoms with van der Waals surface area (Å²) in [6, 6.07) is 1.74. The molecule has 6 nitrogen and oxygen atoms in total. The lowest BCUT2D eigenvalue weighted by atomic mass is 10.1. The van der Waals surface area contributed by atoms with Gasteiger partial charge >= 0.3 is 5.97 Å². The van der Waals surface area contributed by atoms with Gasteiger partial charge in [0.2, 0.25) is 5.91 Å². The second kappa shape index (κ2) is 8.29. The SMILES string of the molecule is Cc1cc(CC(=O)NCCCCCCC(=O)O)no1. The molecule has 0 aliphatic heterocycles. The zero-order valence-corrected chi connectivity index (χ0v) is 11.1. The monoisotopic (exact) mass is 268 g/mol. The number of nitrogens with zero attached hydrogens (tertiary/aromatic N) is 1. The smallest absolute Gasteiger partial charge is 0.303 e. The third-order valence-corrected chi connectivity index (χ3v) is 2.66. The van der Waals surface area contributed by atoms with Crippen molar-refractivity contribution in [3.8, 4) is 0 Å². The molecule has 106 valence electrons. The number of carbonyl (C=O) groups excluding carboxylic acids is 1. The van der Waals surface area contributed by atoms with Gasteiger partial charge in [-0.3, -0.25) is 9.59 Å². The van der Waals surface area contributed by atoms with Crippen LogP contribution in [0.25, 0.3) is 0 Å². The predicted octanol–water partition coefficient (Wildman–Crippen LogP) is 1.68. The summed E-state index contributed by atoms with van der Waals surface area (Å²) in [6.45, 7) is 2.40. The van der Waals surface area contributed by atoms with Crippen molar-refractivity contribution in [1.82, 2.24) is 10.5 Å². The highest BCUT2D eigenvalue weighted by Crippen LogP contribution is 2.03. The van der Waals surface area contributed by atoms with Crippen molar-refractivity contribution < 1.29 is 19.2 Å². The predicted molar refractivity (Wildman–Crippen MR) is 68.7 cm³/mol. The molecule has 0 saturated carbocycles. The molecule has 0 radical (unpaired) electrons. The number of carbonyl (C=O) groups is 2. The van der Waals surface area contributed by atoms with E-state index in [2.05, 4.69) is 10.5 Å². The first-order valence-corrected chi connectivity index (χ1v) is 6.48. The van der Waals surface area contributed by atoms with Crippen LogP contribution in [0.5, 0.6) is 0 Å². The molecule has 0 saturated heterocycles. The van der Waals surface area contributed by atoms with Crippen molar-refractivity contribution in [3.05, 3.63) is 17.5 Å². The summed E-state index contributed by atoms with van der Waals surface area (Å²) < 4.78 is 4.88. The second-order valence-corrected chi connectivity index (χ2v) is 4.51. The Kier molecular flexibility index (Phi) is 6.63. The summed E-state index contributed by atoms with van der Waals surface area (Å²) in [5.74, 6) is -0.128. The highest BCUT2D eigenvalue weighted by Gasteiger charge is 2.06. The molecule has 1 rings (SSSR count). The summed E-state index contributed by atoms with van der Waals surface area (Å²) in [7, 11) is 0. The average molecular weight is 268 g/mol. The fourth-order valence-corrected chi connectivity index (χ4v) is 1.71. The van der Waals surface area contributed by atoms with Gasteiger partial charge in [0.1, 0.15) is 5.76 Å². The number of aryl methyl sites for hydroxylation is 1. The van der Waals surface area contributed by atoms with E-state index in [0.717, 1.165) is 19.3 Å². The Hall–Kier alpha value is -1.85. The van der Waals surface area contributed by atoms with Crippen LogP contribution in [0.1, 0.15) is 43.6 Å². The number of aliphatic carboxylic acids is 1. The minimum Gasteiger partial charge on any atom is -0.481 e. The standard InChI is InChI=1S/C13H20N2O4/c1-10-8-11(15-19-10)9-12(16)14-7-5-3-2-4-6-13(17)18/h8H,2-7,9H2,1H3,(H,14,16)(H,17,18). The van der Waals surface area contributed by atoms with Crippen LogP contribution in [0.15, 0.2) is 10.6 Å². The van der Waals surface area contributed by atoms with Gasteiger partial charge in [-0.05, 0) is 19.8 Å². The second-order valence-electron chi connectivity index (χ2n) is 4.51. The van der Waals surface area contributed by atoms with Crippen LogP contribution in [0, 0.1) is 6.92 Å². The minimum absolute atomic E-state index is 0.0705. The fraction of sp³-hybridized carbons (Fsp3) is 0.615. The maximum Gasteiger partial charge on any atom is 0.303 e. The highest BCUT2D eigenvalue weighted by atomic mass is 16.5. The number of nitrogens with one attached hydrogen (secondary N) is 1. The minimum atomic E-state index is -0.754. The lowest BCUT2D eigenvalue weighted by Crippen LogP contribution is -2.26. The Morgan fingerprint density at radius 2 is 2.05 bits per heavy atom. The highest BCUT2D eigenvalue weighted by molar-refractivity contribution is 5.77. The van der Waals surface area contributed by atoms with E-state index >= 15 is 0 Å². The van der Waals surface area contributed by atoms with Crippen LogP contribution < -0.4 is 5.32 Å². The molecule has 2 N–H and O–H groups in total. The van der Waals surface area contributed by atoms with E-state index in [0.29, 0.717) is 24.4 Å². The third-order valence-electron chi connectivity index (χ3n) is 2.66. The lowest BCUT2D eigenvalue weighted by Gasteiger charge is -2.03. The van der Waals surface area contributed by atoms with Crippen molar-refractivity contribution in [2.24, 2.45) is 0 Å². The summed E-state index contributed by atoms with van der Waals surface area (Å²) in [6.07, 6.45) is 3.82. The first-order valence-electron chi connectivity index (χ1n) is 6.48. The number of hydrogen-bond donors (Lipinski definition) is 2. The molecule has 0 atom stereocenters. The van der Waals surface area contributed by atoms with E-state index in [1.54, 1.807) is 13.0 Å². The molecule has 6 heteroatoms. The van der Waals surface area contributed by atoms with E-state index in [1.807, 2.05) is 0 Å². The van der Waals surface area contributed by atoms with Crippen LogP contribution in [-0.2, 0) is 16.0 Å². The van der Waals surface area contributed by atoms with Gasteiger partial charge in [-0.25, -0.2) is 0 Å². The number of amides is 1. The molecule has 0 unspecified atom stereocenters. The molecule has 0 fully saturated rings. The van der Waals surface area contributed by atoms with Crippen molar-refractivity contribution in [3.63, 3.8) is 0 Å². The summed E-state index contributed by atoms with van der Waals surface area (Å²) in [5.41, 5.74) is 0.636. The Balaban J connectivity index is 2.00. The summed E-state index contributed by atoms with van der Waals surface area (Å²) in [5, 5.41) is 15.0. The number of hydrogen-bond acceptors (Lipinski definition) is 4. The first-order chi connectivity index (χ1) is 9.08. The van der Waals surface area contributed by atoms with Crippen LogP contribution in [0.4, 0.5) is 0 Å². The first kappa shape index (κ1) is 15.2. The van der Waals surface area contributed by atoms with E-state index in [-0.39, 0.29) is 18.7 Å². The topological polar surface area (TPSA) is 92.4 Å². The van der Waals surface area contributed by atoms with Crippen LogP contribution in [0.3, 0.4) is 0 Å². The molecule has 0 aromatic carbocycles. The van der Waals surface area contributed by atoms with Crippen molar-refractivity contribution in [2.75, 3.05) is 6.54 Å². The Labute approximate surface area is 112 Å². The van der Waals surface area contributed by atoms with E-state index in [4.69, 9.17) is 9.63 Å². The number of carboxylic acids is 1. The van der Waals surface area contributed by atoms with E-state index < -0.39 is 5.97 Å². The number of aromatic nitrogens is 1. The molecule has 19 heavy (non-hydrogen) atoms. The van der Waals surface area contributed by atoms with Gasteiger partial charge in [0.05, 0.1) is 12.1 Å². The number of unbranched alkanes of at least 4 members (excludes halogenated alkanes) is 3. The molecule has 1 aromatic heterocycles. The van der Waals surface area contributed by atoms with Crippen LogP contribution in [-0.4, -0.2) is 28.7 Å². The largest absolute Gasteiger partial charge is 0.481 e. The van der Waals surface area contributed by atoms with Crippen molar-refractivity contribution in [2.45, 2.75) is 45.4 Å². The molecule has 1 heterocycles. The maximum atomic E-state index is 11.5. The van der Waals surface area contributed by atoms with Gasteiger partial charge in [-0.2, -0.15) is 0 Å². The van der Waals surface area contributed by atoms with Gasteiger partial charge in [0, 0.05) is 19.0 Å². The molecule has 0 aliphatic rings. The molecule has 1 amide bonds. The van der Waals surface area contributed by atoms with Crippen LogP contribution >= 0.6 is 0 Å². The van der Waals surface area contributed by atoms with Gasteiger partial charge in [0.25, 0.3) is 0 Å². The summed E-state index contributed by atoms with van der Waals surface area (Å²) >= 11 is 0. The average Bonchev–Trinajstić information content (AvgIpc) is 2.73. The molecular formula is C13H20N2O4. The number of rotatable bonds is 9. The summed E-state index contributed by atoms with van der Waals surface area (Å²) in [4.78, 5) is 21.8. The van der Waals surface area contributed by atoms with Crippen molar-refractivity contribution in [1.29, 1.82) is 0 Å². The quantitative estimate of drug-likeness (QED) is 0.665. The zero-order chi connectivity index (χ0) is 14.1. The lowest BCUT2D eigenvalue weighted by molar-refractivity contribution is -0.137. The van der Waals surface area contributed by atoms with E-state index in [9.17, 15) is 9.59 Å². The Morgan fingerprint density at radius 3 is 2.68 bits per heavy atom. The van der Waals surface area contributed by atoms with Crippen LogP contribution in [0.2, 0.25) is 0 Å². The Morgan fingerprint density at radius 1 is 1.32 bits per heavy atom. The van der Waals surface area contributed by atoms with Gasteiger partial charge in [-0.15, -0.1) is 0 Å². The van der Waals surface area contributed by atoms with Gasteiger partial charge in [0.15, 0.2) is 0 Å². The third kappa shape index (κ3) is 7.23. The van der Waals surface area contributed by atoms with Gasteiger partial charge in [-0.1, -0.05) is 18.0 Å². The zero-order valence-electron chi connectivity index (χ0n) is 11.1. The van der Waals surface area contributed by atoms with Gasteiger partial charge < -0.3 is 14.9 Å². The van der Waals surface area contributed by atoms with Crippen molar-refractivity contribution >= 4 is 11.9 Å². The molecule has 0 bridgehead atoms. The number of carboxylic acid groups (broad SMARTS) is 1. The normalized spacial score (nSPS) is 10.4. The fourth-order valence-electron chi connectivity index (χ4n) is 1.71. The van der Waals surface area contributed by atoms with E-state index in [1.165, 1.54) is 0 Å².